The fourth-order valence-corrected chi connectivity index (χ4v) is 5.27. The highest BCUT2D eigenvalue weighted by atomic mass is 32.1. The summed E-state index contributed by atoms with van der Waals surface area (Å²) in [5.74, 6) is 0.711. The van der Waals surface area contributed by atoms with E-state index < -0.39 is 0 Å². The molecule has 1 aromatic carbocycles. The molecule has 142 valence electrons. The Kier molecular flexibility index (Phi) is 3.88. The van der Waals surface area contributed by atoms with Gasteiger partial charge in [-0.15, -0.1) is 16.4 Å². The molecule has 1 aliphatic rings. The molecule has 5 aromatic rings. The lowest BCUT2D eigenvalue weighted by molar-refractivity contribution is 0.249. The maximum atomic E-state index is 4.86. The van der Waals surface area contributed by atoms with Crippen LogP contribution in [0, 0.1) is 0 Å². The number of benzene rings is 1. The summed E-state index contributed by atoms with van der Waals surface area (Å²) in [6, 6.07) is 14.5. The van der Waals surface area contributed by atoms with E-state index in [1.54, 1.807) is 34.6 Å². The second-order valence-corrected chi connectivity index (χ2v) is 8.40. The van der Waals surface area contributed by atoms with E-state index in [1.165, 1.54) is 21.4 Å². The first-order chi connectivity index (χ1) is 14.3. The van der Waals surface area contributed by atoms with Crippen molar-refractivity contribution in [1.29, 1.82) is 0 Å². The molecule has 6 rings (SSSR count). The van der Waals surface area contributed by atoms with Gasteiger partial charge in [-0.3, -0.25) is 9.88 Å². The summed E-state index contributed by atoms with van der Waals surface area (Å²) < 4.78 is 1.81. The fraction of sp³-hybridized carbons (Fsp3) is 0.182. The molecule has 7 heteroatoms. The first kappa shape index (κ1) is 16.8. The molecule has 1 aliphatic heterocycles. The summed E-state index contributed by atoms with van der Waals surface area (Å²) in [4.78, 5) is 18.6. The number of fused-ring (bicyclic) bond motifs is 5. The zero-order chi connectivity index (χ0) is 19.2. The van der Waals surface area contributed by atoms with Crippen LogP contribution in [0.4, 0.5) is 0 Å². The third-order valence-electron chi connectivity index (χ3n) is 5.44. The summed E-state index contributed by atoms with van der Waals surface area (Å²) in [6.45, 7) is 2.98. The van der Waals surface area contributed by atoms with Gasteiger partial charge < -0.3 is 0 Å². The lowest BCUT2D eigenvalue weighted by atomic mass is 10.0. The summed E-state index contributed by atoms with van der Waals surface area (Å²) in [5.41, 5.74) is 4.61. The van der Waals surface area contributed by atoms with E-state index in [0.717, 1.165) is 42.1 Å². The van der Waals surface area contributed by atoms with Crippen LogP contribution >= 0.6 is 11.3 Å². The number of pyridine rings is 1. The molecule has 0 bridgehead atoms. The summed E-state index contributed by atoms with van der Waals surface area (Å²) >= 11 is 1.79. The second-order valence-electron chi connectivity index (χ2n) is 7.31. The molecule has 29 heavy (non-hydrogen) atoms. The molecule has 0 atom stereocenters. The zero-order valence-electron chi connectivity index (χ0n) is 15.7. The van der Waals surface area contributed by atoms with Gasteiger partial charge in [-0.1, -0.05) is 30.3 Å². The molecule has 0 saturated carbocycles. The van der Waals surface area contributed by atoms with Crippen molar-refractivity contribution in [2.24, 2.45) is 0 Å². The molecule has 4 aromatic heterocycles. The predicted octanol–water partition coefficient (Wildman–Crippen LogP) is 3.96. The predicted molar refractivity (Wildman–Crippen MR) is 114 cm³/mol. The van der Waals surface area contributed by atoms with Crippen LogP contribution < -0.4 is 0 Å². The summed E-state index contributed by atoms with van der Waals surface area (Å²) in [5, 5.41) is 5.81. The minimum absolute atomic E-state index is 0.711. The van der Waals surface area contributed by atoms with E-state index in [9.17, 15) is 0 Å². The molecule has 0 unspecified atom stereocenters. The zero-order valence-corrected chi connectivity index (χ0v) is 16.5. The van der Waals surface area contributed by atoms with Crippen molar-refractivity contribution in [1.82, 2.24) is 29.5 Å². The minimum Gasteiger partial charge on any atom is -0.294 e. The van der Waals surface area contributed by atoms with Gasteiger partial charge in [-0.2, -0.15) is 0 Å². The Bertz CT molecular complexity index is 1310. The Morgan fingerprint density at radius 3 is 2.76 bits per heavy atom. The largest absolute Gasteiger partial charge is 0.294 e. The van der Waals surface area contributed by atoms with Crippen LogP contribution in [0.1, 0.15) is 16.0 Å². The quantitative estimate of drug-likeness (QED) is 0.460. The highest BCUT2D eigenvalue weighted by Crippen LogP contribution is 2.36. The van der Waals surface area contributed by atoms with Gasteiger partial charge in [0, 0.05) is 42.5 Å². The maximum Gasteiger partial charge on any atom is 0.182 e. The molecular formula is C22H18N6S. The van der Waals surface area contributed by atoms with Crippen molar-refractivity contribution in [2.75, 3.05) is 6.54 Å². The molecule has 0 amide bonds. The number of aromatic nitrogens is 5. The van der Waals surface area contributed by atoms with Crippen molar-refractivity contribution >= 4 is 27.2 Å². The second kappa shape index (κ2) is 6.72. The first-order valence-corrected chi connectivity index (χ1v) is 10.5. The summed E-state index contributed by atoms with van der Waals surface area (Å²) in [6.07, 6.45) is 6.32. The van der Waals surface area contributed by atoms with Gasteiger partial charge in [-0.05, 0) is 29.7 Å². The molecule has 0 radical (unpaired) electrons. The van der Waals surface area contributed by atoms with Crippen molar-refractivity contribution in [2.45, 2.75) is 19.5 Å². The van der Waals surface area contributed by atoms with E-state index in [0.29, 0.717) is 5.82 Å². The highest BCUT2D eigenvalue weighted by molar-refractivity contribution is 7.19. The van der Waals surface area contributed by atoms with Crippen molar-refractivity contribution in [3.63, 3.8) is 0 Å². The Balaban J connectivity index is 1.40. The van der Waals surface area contributed by atoms with Crippen LogP contribution in [0.25, 0.3) is 27.3 Å². The number of thiophene rings is 1. The van der Waals surface area contributed by atoms with E-state index in [1.807, 2.05) is 12.1 Å². The lowest BCUT2D eigenvalue weighted by Gasteiger charge is -2.26. The Morgan fingerprint density at radius 2 is 1.90 bits per heavy atom. The molecule has 6 nitrogen and oxygen atoms in total. The van der Waals surface area contributed by atoms with E-state index in [2.05, 4.69) is 50.3 Å². The highest BCUT2D eigenvalue weighted by Gasteiger charge is 2.24. The van der Waals surface area contributed by atoms with Crippen molar-refractivity contribution in [3.8, 4) is 11.4 Å². The van der Waals surface area contributed by atoms with Gasteiger partial charge in [0.15, 0.2) is 11.5 Å². The van der Waals surface area contributed by atoms with Crippen LogP contribution in [0.2, 0.25) is 0 Å². The van der Waals surface area contributed by atoms with Crippen LogP contribution in [0.3, 0.4) is 0 Å². The van der Waals surface area contributed by atoms with Crippen LogP contribution in [-0.4, -0.2) is 36.0 Å². The van der Waals surface area contributed by atoms with Gasteiger partial charge in [-0.25, -0.2) is 14.5 Å². The van der Waals surface area contributed by atoms with E-state index in [4.69, 9.17) is 4.98 Å². The lowest BCUT2D eigenvalue weighted by Crippen LogP contribution is -2.29. The Labute approximate surface area is 171 Å². The van der Waals surface area contributed by atoms with Crippen LogP contribution in [-0.2, 0) is 19.5 Å². The van der Waals surface area contributed by atoms with Crippen LogP contribution in [0.5, 0.6) is 0 Å². The van der Waals surface area contributed by atoms with Gasteiger partial charge in [0.2, 0.25) is 0 Å². The Morgan fingerprint density at radius 1 is 1.03 bits per heavy atom. The molecule has 5 heterocycles. The van der Waals surface area contributed by atoms with Gasteiger partial charge in [0.05, 0.1) is 5.39 Å². The third-order valence-corrected chi connectivity index (χ3v) is 6.57. The monoisotopic (exact) mass is 398 g/mol. The number of nitrogens with zero attached hydrogens (tertiary/aromatic N) is 6. The number of hydrogen-bond donors (Lipinski definition) is 0. The SMILES string of the molecule is c1ccc(CN2CCc3c(sc4ncn5nc(-c6ccncc6)nc5c34)C2)cc1. The molecule has 0 aliphatic carbocycles. The van der Waals surface area contributed by atoms with E-state index in [-0.39, 0.29) is 0 Å². The smallest absolute Gasteiger partial charge is 0.182 e. The minimum atomic E-state index is 0.711. The standard InChI is InChI=1S/C22H18N6S/c1-2-4-15(5-3-1)12-27-11-8-17-18(13-27)29-22-19(17)21-25-20(26-28(21)14-24-22)16-6-9-23-10-7-16/h1-7,9-10,14H,8,11-13H2. The van der Waals surface area contributed by atoms with Gasteiger partial charge >= 0.3 is 0 Å². The number of hydrogen-bond acceptors (Lipinski definition) is 6. The van der Waals surface area contributed by atoms with Crippen molar-refractivity contribution < 1.29 is 0 Å². The molecule has 0 spiro atoms. The molecular weight excluding hydrogens is 380 g/mol. The third kappa shape index (κ3) is 2.90. The van der Waals surface area contributed by atoms with Gasteiger partial charge in [0.1, 0.15) is 11.2 Å². The molecule has 0 N–H and O–H groups in total. The van der Waals surface area contributed by atoms with Gasteiger partial charge in [0.25, 0.3) is 0 Å². The number of rotatable bonds is 3. The molecule has 0 saturated heterocycles. The van der Waals surface area contributed by atoms with Crippen molar-refractivity contribution in [3.05, 3.63) is 77.2 Å². The maximum absolute atomic E-state index is 4.86. The Hall–Kier alpha value is -3.16. The fourth-order valence-electron chi connectivity index (χ4n) is 4.04. The normalized spacial score (nSPS) is 14.5. The molecule has 0 fully saturated rings. The first-order valence-electron chi connectivity index (χ1n) is 9.67. The van der Waals surface area contributed by atoms with Crippen LogP contribution in [0.15, 0.2) is 61.2 Å². The van der Waals surface area contributed by atoms with E-state index >= 15 is 0 Å². The topological polar surface area (TPSA) is 59.2 Å². The average Bonchev–Trinajstić information content (AvgIpc) is 3.36. The average molecular weight is 398 g/mol. The summed E-state index contributed by atoms with van der Waals surface area (Å²) in [7, 11) is 0.